The molecule has 0 spiro atoms. The fraction of sp³-hybridized carbons (Fsp3) is 0.529. The summed E-state index contributed by atoms with van der Waals surface area (Å²) in [5.74, 6) is 0.364. The van der Waals surface area contributed by atoms with Crippen molar-refractivity contribution in [2.24, 2.45) is 0 Å². The van der Waals surface area contributed by atoms with Crippen LogP contribution in [0.4, 0.5) is 30.8 Å². The molecular weight excluding hydrogens is 377 g/mol. The molecule has 2 aromatic rings. The van der Waals surface area contributed by atoms with Gasteiger partial charge in [-0.05, 0) is 19.8 Å². The molecule has 0 aliphatic heterocycles. The SMILES string of the molecule is COCCCOc1cc(Nc2ncc(C(F)(F)F)c(NC3(C)CC3)n2)ncn1. The van der Waals surface area contributed by atoms with Gasteiger partial charge < -0.3 is 20.1 Å². The molecular formula is C17H21F3N6O2. The molecule has 1 saturated carbocycles. The fourth-order valence-electron chi connectivity index (χ4n) is 2.32. The number of hydrogen-bond donors (Lipinski definition) is 2. The Labute approximate surface area is 159 Å². The van der Waals surface area contributed by atoms with E-state index in [0.29, 0.717) is 31.3 Å². The van der Waals surface area contributed by atoms with E-state index in [1.54, 1.807) is 7.11 Å². The van der Waals surface area contributed by atoms with Crippen LogP contribution < -0.4 is 15.4 Å². The lowest BCUT2D eigenvalue weighted by atomic mass is 10.2. The molecule has 1 aliphatic carbocycles. The zero-order valence-electron chi connectivity index (χ0n) is 15.5. The average molecular weight is 398 g/mol. The van der Waals surface area contributed by atoms with Crippen LogP contribution in [-0.2, 0) is 10.9 Å². The molecule has 0 amide bonds. The molecule has 0 unspecified atom stereocenters. The molecule has 0 saturated heterocycles. The zero-order chi connectivity index (χ0) is 20.2. The second-order valence-corrected chi connectivity index (χ2v) is 6.70. The molecule has 2 N–H and O–H groups in total. The van der Waals surface area contributed by atoms with Gasteiger partial charge >= 0.3 is 6.18 Å². The molecule has 1 aliphatic rings. The Bertz CT molecular complexity index is 814. The largest absolute Gasteiger partial charge is 0.477 e. The lowest BCUT2D eigenvalue weighted by molar-refractivity contribution is -0.137. The van der Waals surface area contributed by atoms with Gasteiger partial charge in [-0.2, -0.15) is 18.2 Å². The van der Waals surface area contributed by atoms with Crippen molar-refractivity contribution >= 4 is 17.6 Å². The van der Waals surface area contributed by atoms with E-state index in [4.69, 9.17) is 9.47 Å². The molecule has 3 rings (SSSR count). The minimum Gasteiger partial charge on any atom is -0.477 e. The third-order valence-corrected chi connectivity index (χ3v) is 4.14. The van der Waals surface area contributed by atoms with Crippen molar-refractivity contribution in [1.82, 2.24) is 19.9 Å². The predicted octanol–water partition coefficient (Wildman–Crippen LogP) is 3.41. The number of alkyl halides is 3. The van der Waals surface area contributed by atoms with Crippen molar-refractivity contribution in [3.05, 3.63) is 24.2 Å². The summed E-state index contributed by atoms with van der Waals surface area (Å²) in [5.41, 5.74) is -1.28. The van der Waals surface area contributed by atoms with E-state index in [-0.39, 0.29) is 17.3 Å². The zero-order valence-corrected chi connectivity index (χ0v) is 15.5. The molecule has 0 atom stereocenters. The van der Waals surface area contributed by atoms with Crippen LogP contribution in [0.1, 0.15) is 31.7 Å². The summed E-state index contributed by atoms with van der Waals surface area (Å²) in [6.45, 7) is 2.82. The summed E-state index contributed by atoms with van der Waals surface area (Å²) in [6.07, 6.45) is -0.252. The van der Waals surface area contributed by atoms with Crippen LogP contribution in [0.15, 0.2) is 18.6 Å². The van der Waals surface area contributed by atoms with Gasteiger partial charge in [0.1, 0.15) is 23.5 Å². The fourth-order valence-corrected chi connectivity index (χ4v) is 2.32. The maximum absolute atomic E-state index is 13.2. The minimum absolute atomic E-state index is 0.0104. The number of rotatable bonds is 9. The van der Waals surface area contributed by atoms with E-state index < -0.39 is 11.7 Å². The second kappa shape index (κ2) is 8.13. The van der Waals surface area contributed by atoms with E-state index in [0.717, 1.165) is 19.0 Å². The number of nitrogens with one attached hydrogen (secondary N) is 2. The highest BCUT2D eigenvalue weighted by Crippen LogP contribution is 2.41. The maximum atomic E-state index is 13.2. The average Bonchev–Trinajstić information content (AvgIpc) is 3.35. The number of hydrogen-bond acceptors (Lipinski definition) is 8. The van der Waals surface area contributed by atoms with E-state index in [9.17, 15) is 13.2 Å². The van der Waals surface area contributed by atoms with Crippen LogP contribution in [0.2, 0.25) is 0 Å². The van der Waals surface area contributed by atoms with E-state index in [1.165, 1.54) is 12.4 Å². The Kier molecular flexibility index (Phi) is 5.82. The Morgan fingerprint density at radius 2 is 1.96 bits per heavy atom. The summed E-state index contributed by atoms with van der Waals surface area (Å²) < 4.78 is 50.1. The van der Waals surface area contributed by atoms with Crippen molar-refractivity contribution in [3.63, 3.8) is 0 Å². The molecule has 2 aromatic heterocycles. The van der Waals surface area contributed by atoms with Crippen molar-refractivity contribution < 1.29 is 22.6 Å². The van der Waals surface area contributed by atoms with Gasteiger partial charge in [0, 0.05) is 37.9 Å². The lowest BCUT2D eigenvalue weighted by Gasteiger charge is -2.18. The summed E-state index contributed by atoms with van der Waals surface area (Å²) in [4.78, 5) is 15.8. The highest BCUT2D eigenvalue weighted by molar-refractivity contribution is 5.55. The normalized spacial score (nSPS) is 15.2. The van der Waals surface area contributed by atoms with Crippen molar-refractivity contribution in [2.45, 2.75) is 37.9 Å². The Morgan fingerprint density at radius 1 is 1.18 bits per heavy atom. The van der Waals surface area contributed by atoms with E-state index >= 15 is 0 Å². The van der Waals surface area contributed by atoms with Gasteiger partial charge in [0.2, 0.25) is 11.8 Å². The lowest BCUT2D eigenvalue weighted by Crippen LogP contribution is -2.21. The van der Waals surface area contributed by atoms with Gasteiger partial charge in [0.25, 0.3) is 0 Å². The van der Waals surface area contributed by atoms with Crippen LogP contribution in [0.5, 0.6) is 5.88 Å². The first-order valence-electron chi connectivity index (χ1n) is 8.72. The first-order valence-corrected chi connectivity index (χ1v) is 8.72. The Hall–Kier alpha value is -2.69. The summed E-state index contributed by atoms with van der Waals surface area (Å²) in [5, 5.41) is 5.65. The highest BCUT2D eigenvalue weighted by atomic mass is 19.4. The molecule has 1 fully saturated rings. The standard InChI is InChI=1S/C17H21F3N6O2/c1-16(4-5-16)26-14-11(17(18,19)20)9-21-15(25-14)24-12-8-13(23-10-22-12)28-7-3-6-27-2/h8-10H,3-7H2,1-2H3,(H2,21,22,23,24,25,26). The summed E-state index contributed by atoms with van der Waals surface area (Å²) in [7, 11) is 1.60. The van der Waals surface area contributed by atoms with Gasteiger partial charge in [-0.25, -0.2) is 15.0 Å². The molecule has 2 heterocycles. The van der Waals surface area contributed by atoms with Crippen LogP contribution in [-0.4, -0.2) is 45.8 Å². The molecule has 0 aromatic carbocycles. The topological polar surface area (TPSA) is 94.1 Å². The molecule has 152 valence electrons. The Balaban J connectivity index is 1.74. The van der Waals surface area contributed by atoms with Crippen LogP contribution in [0.25, 0.3) is 0 Å². The van der Waals surface area contributed by atoms with Gasteiger partial charge in [0.15, 0.2) is 0 Å². The summed E-state index contributed by atoms with van der Waals surface area (Å²) >= 11 is 0. The number of aromatic nitrogens is 4. The van der Waals surface area contributed by atoms with E-state index in [1.807, 2.05) is 6.92 Å². The molecule has 11 heteroatoms. The van der Waals surface area contributed by atoms with Gasteiger partial charge in [-0.1, -0.05) is 0 Å². The number of anilines is 3. The van der Waals surface area contributed by atoms with Gasteiger partial charge in [-0.3, -0.25) is 0 Å². The van der Waals surface area contributed by atoms with Crippen LogP contribution in [0.3, 0.4) is 0 Å². The van der Waals surface area contributed by atoms with Crippen molar-refractivity contribution in [3.8, 4) is 5.88 Å². The monoisotopic (exact) mass is 398 g/mol. The van der Waals surface area contributed by atoms with E-state index in [2.05, 4.69) is 30.6 Å². The molecule has 0 bridgehead atoms. The number of ether oxygens (including phenoxy) is 2. The maximum Gasteiger partial charge on any atom is 0.421 e. The number of methoxy groups -OCH3 is 1. The minimum atomic E-state index is -4.55. The summed E-state index contributed by atoms with van der Waals surface area (Å²) in [6, 6.07) is 1.52. The smallest absolute Gasteiger partial charge is 0.421 e. The first-order chi connectivity index (χ1) is 13.3. The predicted molar refractivity (Wildman–Crippen MR) is 95.6 cm³/mol. The highest BCUT2D eigenvalue weighted by Gasteiger charge is 2.41. The van der Waals surface area contributed by atoms with Gasteiger partial charge in [0.05, 0.1) is 6.61 Å². The van der Waals surface area contributed by atoms with Crippen LogP contribution >= 0.6 is 0 Å². The third kappa shape index (κ3) is 5.41. The van der Waals surface area contributed by atoms with Crippen molar-refractivity contribution in [2.75, 3.05) is 31.0 Å². The van der Waals surface area contributed by atoms with Crippen molar-refractivity contribution in [1.29, 1.82) is 0 Å². The van der Waals surface area contributed by atoms with Crippen LogP contribution in [0, 0.1) is 0 Å². The molecule has 8 nitrogen and oxygen atoms in total. The quantitative estimate of drug-likeness (QED) is 0.621. The number of nitrogens with zero attached hydrogens (tertiary/aromatic N) is 4. The molecule has 28 heavy (non-hydrogen) atoms. The molecule has 0 radical (unpaired) electrons. The van der Waals surface area contributed by atoms with Gasteiger partial charge in [-0.15, -0.1) is 0 Å². The first kappa shape index (κ1) is 20.1. The third-order valence-electron chi connectivity index (χ3n) is 4.14. The second-order valence-electron chi connectivity index (χ2n) is 6.70. The Morgan fingerprint density at radius 3 is 2.64 bits per heavy atom. The number of halogens is 3.